The number of anilines is 1. The van der Waals surface area contributed by atoms with Crippen LogP contribution in [-0.2, 0) is 0 Å². The molecule has 4 N–H and O–H groups in total. The Balaban J connectivity index is 0.000000143. The highest BCUT2D eigenvalue weighted by molar-refractivity contribution is 6.50. The van der Waals surface area contributed by atoms with Crippen LogP contribution in [0.25, 0.3) is 92.9 Å². The van der Waals surface area contributed by atoms with Crippen molar-refractivity contribution >= 4 is 76.7 Å². The van der Waals surface area contributed by atoms with Crippen LogP contribution >= 0.6 is 0 Å². The third-order valence-electron chi connectivity index (χ3n) is 11.2. The lowest BCUT2D eigenvalue weighted by atomic mass is 9.85. The van der Waals surface area contributed by atoms with Gasteiger partial charge < -0.3 is 5.73 Å². The van der Waals surface area contributed by atoms with E-state index in [1.165, 1.54) is 43.8 Å². The summed E-state index contributed by atoms with van der Waals surface area (Å²) in [6, 6.07) is 56.8. The topological polar surface area (TPSA) is 99.5 Å². The second-order valence-electron chi connectivity index (χ2n) is 14.7. The standard InChI is InChI=1S/C29H20N2.C25H17N3/c30-22-15-13-19(14-16-22)28-23-8-2-4-10-25(23)29(26-11-5-3-9-24(26)28)21-17-20-7-1-6-12-27(20)31-18-21;26-22-12-11-16(14-23(22)27)24-18-7-1-3-9-20(18)25(17-6-5-13-28-15-17)21-10-4-2-8-19(21)24/h1-18H,30H2;1-15,26-27H. The molecule has 11 rings (SSSR count). The van der Waals surface area contributed by atoms with Crippen molar-refractivity contribution in [3.63, 3.8) is 0 Å². The number of pyridine rings is 2. The Labute approximate surface area is 341 Å². The van der Waals surface area contributed by atoms with Gasteiger partial charge in [-0.25, -0.2) is 0 Å². The minimum absolute atomic E-state index is 0.238. The fraction of sp³-hybridized carbons (Fsp3) is 0. The highest BCUT2D eigenvalue weighted by atomic mass is 14.6. The van der Waals surface area contributed by atoms with Crippen molar-refractivity contribution in [2.75, 3.05) is 5.73 Å². The summed E-state index contributed by atoms with van der Waals surface area (Å²) in [4.78, 5) is 9.08. The summed E-state index contributed by atoms with van der Waals surface area (Å²) in [7, 11) is 0. The number of nitrogen functional groups attached to an aromatic ring is 1. The van der Waals surface area contributed by atoms with Gasteiger partial charge in [0.25, 0.3) is 0 Å². The monoisotopic (exact) mass is 755 g/mol. The van der Waals surface area contributed by atoms with Crippen molar-refractivity contribution in [1.82, 2.24) is 9.97 Å². The molecule has 5 heteroatoms. The molecule has 59 heavy (non-hydrogen) atoms. The molecule has 278 valence electrons. The molecule has 0 aliphatic heterocycles. The van der Waals surface area contributed by atoms with Crippen molar-refractivity contribution < 1.29 is 0 Å². The zero-order valence-electron chi connectivity index (χ0n) is 32.0. The molecule has 10 aromatic rings. The third kappa shape index (κ3) is 6.32. The number of hydrogen-bond acceptors (Lipinski definition) is 5. The molecule has 0 spiro atoms. The highest BCUT2D eigenvalue weighted by Gasteiger charge is 2.20. The van der Waals surface area contributed by atoms with Gasteiger partial charge in [0.05, 0.1) is 16.9 Å². The van der Waals surface area contributed by atoms with Crippen LogP contribution < -0.4 is 5.73 Å². The molecule has 2 aromatic heterocycles. The summed E-state index contributed by atoms with van der Waals surface area (Å²) in [5, 5.41) is 26.6. The molecule has 8 aromatic carbocycles. The molecular weight excluding hydrogens is 719 g/mol. The maximum absolute atomic E-state index is 8.11. The molecule has 1 aliphatic rings. The summed E-state index contributed by atoms with van der Waals surface area (Å²) < 4.78 is 0. The molecule has 0 unspecified atom stereocenters. The van der Waals surface area contributed by atoms with Crippen LogP contribution in [0.1, 0.15) is 5.56 Å². The van der Waals surface area contributed by atoms with Crippen LogP contribution in [-0.4, -0.2) is 21.4 Å². The number of nitrogens with one attached hydrogen (secondary N) is 2. The highest BCUT2D eigenvalue weighted by Crippen LogP contribution is 2.45. The minimum atomic E-state index is 0.238. The van der Waals surface area contributed by atoms with Gasteiger partial charge >= 0.3 is 0 Å². The van der Waals surface area contributed by atoms with Gasteiger partial charge in [-0.05, 0) is 119 Å². The molecule has 5 nitrogen and oxygen atoms in total. The number of allylic oxidation sites excluding steroid dienone is 4. The Bertz CT molecular complexity index is 3250. The third-order valence-corrected chi connectivity index (χ3v) is 11.2. The van der Waals surface area contributed by atoms with E-state index in [4.69, 9.17) is 21.5 Å². The number of fused-ring (bicyclic) bond motifs is 5. The molecule has 0 bridgehead atoms. The van der Waals surface area contributed by atoms with E-state index in [-0.39, 0.29) is 11.4 Å². The summed E-state index contributed by atoms with van der Waals surface area (Å²) in [5.41, 5.74) is 17.3. The summed E-state index contributed by atoms with van der Waals surface area (Å²) >= 11 is 0. The predicted molar refractivity (Wildman–Crippen MR) is 249 cm³/mol. The Hall–Kier alpha value is -8.02. The van der Waals surface area contributed by atoms with E-state index in [9.17, 15) is 0 Å². The van der Waals surface area contributed by atoms with Crippen molar-refractivity contribution in [3.8, 4) is 33.4 Å². The number of hydrogen-bond donors (Lipinski definition) is 3. The number of rotatable bonds is 4. The van der Waals surface area contributed by atoms with Gasteiger partial charge in [-0.1, -0.05) is 140 Å². The average Bonchev–Trinajstić information content (AvgIpc) is 3.29. The fourth-order valence-corrected chi connectivity index (χ4v) is 8.57. The number of aromatic nitrogens is 2. The summed E-state index contributed by atoms with van der Waals surface area (Å²) in [6.45, 7) is 0. The average molecular weight is 756 g/mol. The quantitative estimate of drug-likeness (QED) is 0.0947. The van der Waals surface area contributed by atoms with Crippen molar-refractivity contribution in [3.05, 3.63) is 206 Å². The van der Waals surface area contributed by atoms with Gasteiger partial charge in [-0.15, -0.1) is 0 Å². The molecule has 0 radical (unpaired) electrons. The molecule has 0 atom stereocenters. The first kappa shape index (κ1) is 35.4. The number of nitrogens with zero attached hydrogens (tertiary/aromatic N) is 2. The van der Waals surface area contributed by atoms with Crippen LogP contribution in [0, 0.1) is 10.8 Å². The second kappa shape index (κ2) is 14.8. The van der Waals surface area contributed by atoms with Crippen LogP contribution in [0.4, 0.5) is 5.69 Å². The lowest BCUT2D eigenvalue weighted by Crippen LogP contribution is -2.10. The van der Waals surface area contributed by atoms with E-state index in [2.05, 4.69) is 132 Å². The molecule has 0 amide bonds. The Morgan fingerprint density at radius 3 is 1.42 bits per heavy atom. The van der Waals surface area contributed by atoms with Crippen LogP contribution in [0.2, 0.25) is 0 Å². The molecule has 1 aliphatic carbocycles. The van der Waals surface area contributed by atoms with E-state index in [0.717, 1.165) is 60.4 Å². The predicted octanol–water partition coefficient (Wildman–Crippen LogP) is 13.5. The smallest absolute Gasteiger partial charge is 0.0795 e. The first-order valence-electron chi connectivity index (χ1n) is 19.6. The molecule has 0 saturated carbocycles. The maximum atomic E-state index is 8.11. The number of para-hydroxylation sites is 1. The molecule has 2 heterocycles. The fourth-order valence-electron chi connectivity index (χ4n) is 8.57. The zero-order valence-corrected chi connectivity index (χ0v) is 32.0. The first-order valence-corrected chi connectivity index (χ1v) is 19.6. The largest absolute Gasteiger partial charge is 0.399 e. The minimum Gasteiger partial charge on any atom is -0.399 e. The number of benzene rings is 8. The first-order chi connectivity index (χ1) is 29.0. The number of nitrogens with two attached hydrogens (primary N) is 1. The van der Waals surface area contributed by atoms with Gasteiger partial charge in [0, 0.05) is 40.8 Å². The van der Waals surface area contributed by atoms with E-state index < -0.39 is 0 Å². The second-order valence-corrected chi connectivity index (χ2v) is 14.7. The van der Waals surface area contributed by atoms with Gasteiger partial charge in [-0.3, -0.25) is 20.8 Å². The summed E-state index contributed by atoms with van der Waals surface area (Å²) in [5.74, 6) is 0. The molecule has 0 fully saturated rings. The Morgan fingerprint density at radius 1 is 0.407 bits per heavy atom. The van der Waals surface area contributed by atoms with E-state index in [1.54, 1.807) is 18.3 Å². The van der Waals surface area contributed by atoms with Crippen LogP contribution in [0.5, 0.6) is 0 Å². The van der Waals surface area contributed by atoms with Crippen molar-refractivity contribution in [2.24, 2.45) is 0 Å². The van der Waals surface area contributed by atoms with Crippen LogP contribution in [0.3, 0.4) is 0 Å². The van der Waals surface area contributed by atoms with E-state index >= 15 is 0 Å². The van der Waals surface area contributed by atoms with Crippen molar-refractivity contribution in [1.29, 1.82) is 10.8 Å². The Morgan fingerprint density at radius 2 is 0.898 bits per heavy atom. The van der Waals surface area contributed by atoms with Crippen molar-refractivity contribution in [2.45, 2.75) is 0 Å². The maximum Gasteiger partial charge on any atom is 0.0795 e. The normalized spacial score (nSPS) is 12.6. The van der Waals surface area contributed by atoms with Gasteiger partial charge in [0.1, 0.15) is 0 Å². The van der Waals surface area contributed by atoms with Gasteiger partial charge in [0.2, 0.25) is 0 Å². The van der Waals surface area contributed by atoms with Gasteiger partial charge in [-0.2, -0.15) is 0 Å². The lowest BCUT2D eigenvalue weighted by molar-refractivity contribution is 1.33. The lowest BCUT2D eigenvalue weighted by Gasteiger charge is -2.19. The molecular formula is C54H37N5. The van der Waals surface area contributed by atoms with E-state index in [1.807, 2.05) is 54.9 Å². The van der Waals surface area contributed by atoms with Gasteiger partial charge in [0.15, 0.2) is 0 Å². The SMILES string of the molecule is N=C1C=CC(c2c3ccccc3c(-c3cccnc3)c3ccccc23)=CC1=N.Nc1ccc(-c2c3ccccc3c(-c3cnc4ccccc4c3)c3ccccc23)cc1. The summed E-state index contributed by atoms with van der Waals surface area (Å²) in [6.07, 6.45) is 11.1. The van der Waals surface area contributed by atoms with Crippen LogP contribution in [0.15, 0.2) is 201 Å². The molecule has 0 saturated heterocycles. The van der Waals surface area contributed by atoms with E-state index in [0.29, 0.717) is 0 Å². The Kier molecular flexibility index (Phi) is 8.89. The zero-order chi connectivity index (χ0) is 39.9.